The minimum atomic E-state index is -0.645. The van der Waals surface area contributed by atoms with Gasteiger partial charge in [-0.25, -0.2) is 0 Å². The number of fused-ring (bicyclic) bond motifs is 1. The van der Waals surface area contributed by atoms with Gasteiger partial charge in [-0.3, -0.25) is 0 Å². The van der Waals surface area contributed by atoms with Gasteiger partial charge in [0.05, 0.1) is 5.60 Å². The van der Waals surface area contributed by atoms with Gasteiger partial charge in [0.1, 0.15) is 5.75 Å². The van der Waals surface area contributed by atoms with Crippen LogP contribution in [0.25, 0.3) is 10.9 Å². The van der Waals surface area contributed by atoms with Gasteiger partial charge in [-0.05, 0) is 44.5 Å². The smallest absolute Gasteiger partial charge is 0.116 e. The zero-order valence-electron chi connectivity index (χ0n) is 9.64. The lowest BCUT2D eigenvalue weighted by atomic mass is 10.1. The van der Waals surface area contributed by atoms with Crippen LogP contribution in [0.5, 0.6) is 5.75 Å². The van der Waals surface area contributed by atoms with Gasteiger partial charge in [0.2, 0.25) is 0 Å². The number of rotatable bonds is 3. The summed E-state index contributed by atoms with van der Waals surface area (Å²) in [4.78, 5) is 0. The molecule has 2 N–H and O–H groups in total. The molecule has 0 fully saturated rings. The van der Waals surface area contributed by atoms with Crippen molar-refractivity contribution in [3.8, 4) is 5.75 Å². The van der Waals surface area contributed by atoms with Crippen molar-refractivity contribution in [1.29, 1.82) is 0 Å². The molecule has 3 heteroatoms. The maximum Gasteiger partial charge on any atom is 0.116 e. The average Bonchev–Trinajstić information content (AvgIpc) is 2.56. The third-order valence-corrected chi connectivity index (χ3v) is 2.72. The van der Waals surface area contributed by atoms with Crippen molar-refractivity contribution in [2.45, 2.75) is 32.4 Å². The van der Waals surface area contributed by atoms with Crippen LogP contribution >= 0.6 is 0 Å². The van der Waals surface area contributed by atoms with Gasteiger partial charge in [0, 0.05) is 23.6 Å². The maximum absolute atomic E-state index is 9.68. The summed E-state index contributed by atoms with van der Waals surface area (Å²) in [5.41, 5.74) is 0.440. The summed E-state index contributed by atoms with van der Waals surface area (Å²) in [6, 6.07) is 7.30. The Kier molecular flexibility index (Phi) is 2.64. The number of nitrogens with zero attached hydrogens (tertiary/aromatic N) is 1. The van der Waals surface area contributed by atoms with Crippen LogP contribution in [0.4, 0.5) is 0 Å². The van der Waals surface area contributed by atoms with E-state index in [4.69, 9.17) is 0 Å². The van der Waals surface area contributed by atoms with E-state index in [1.807, 2.05) is 32.2 Å². The van der Waals surface area contributed by atoms with Gasteiger partial charge < -0.3 is 14.8 Å². The highest BCUT2D eigenvalue weighted by Gasteiger charge is 2.12. The molecule has 1 heterocycles. The molecule has 3 nitrogen and oxygen atoms in total. The van der Waals surface area contributed by atoms with E-state index >= 15 is 0 Å². The Bertz CT molecular complexity index is 494. The molecule has 0 saturated heterocycles. The average molecular weight is 219 g/mol. The lowest BCUT2D eigenvalue weighted by molar-refractivity contribution is 0.0666. The lowest BCUT2D eigenvalue weighted by Gasteiger charge is -2.17. The van der Waals surface area contributed by atoms with Crippen molar-refractivity contribution in [3.63, 3.8) is 0 Å². The molecule has 0 saturated carbocycles. The van der Waals surface area contributed by atoms with Gasteiger partial charge in [-0.15, -0.1) is 0 Å². The molecule has 2 aromatic rings. The summed E-state index contributed by atoms with van der Waals surface area (Å²) < 4.78 is 2.09. The van der Waals surface area contributed by atoms with E-state index in [-0.39, 0.29) is 5.75 Å². The normalized spacial score (nSPS) is 12.2. The Morgan fingerprint density at radius 2 is 2.00 bits per heavy atom. The van der Waals surface area contributed by atoms with E-state index in [9.17, 15) is 10.2 Å². The Labute approximate surface area is 94.9 Å². The van der Waals surface area contributed by atoms with Crippen LogP contribution < -0.4 is 0 Å². The number of aryl methyl sites for hydroxylation is 1. The number of aliphatic hydroxyl groups is 1. The second-order valence-corrected chi connectivity index (χ2v) is 4.81. The summed E-state index contributed by atoms with van der Waals surface area (Å²) in [7, 11) is 0. The van der Waals surface area contributed by atoms with Crippen LogP contribution in [-0.4, -0.2) is 20.4 Å². The molecule has 0 radical (unpaired) electrons. The zero-order valence-corrected chi connectivity index (χ0v) is 9.64. The van der Waals surface area contributed by atoms with Crippen molar-refractivity contribution < 1.29 is 10.2 Å². The fourth-order valence-corrected chi connectivity index (χ4v) is 1.78. The van der Waals surface area contributed by atoms with E-state index in [1.165, 1.54) is 0 Å². The number of phenols is 1. The second-order valence-electron chi connectivity index (χ2n) is 4.81. The highest BCUT2D eigenvalue weighted by molar-refractivity contribution is 5.81. The highest BCUT2D eigenvalue weighted by Crippen LogP contribution is 2.22. The summed E-state index contributed by atoms with van der Waals surface area (Å²) >= 11 is 0. The lowest BCUT2D eigenvalue weighted by Crippen LogP contribution is -2.20. The molecular formula is C13H17NO2. The van der Waals surface area contributed by atoms with Crippen LogP contribution in [-0.2, 0) is 6.54 Å². The molecule has 0 spiro atoms. The molecule has 2 rings (SSSR count). The van der Waals surface area contributed by atoms with Crippen LogP contribution in [0, 0.1) is 0 Å². The van der Waals surface area contributed by atoms with Crippen LogP contribution in [0.1, 0.15) is 20.3 Å². The monoisotopic (exact) mass is 219 g/mol. The molecule has 16 heavy (non-hydrogen) atoms. The van der Waals surface area contributed by atoms with E-state index in [0.29, 0.717) is 6.42 Å². The van der Waals surface area contributed by atoms with Crippen molar-refractivity contribution in [1.82, 2.24) is 4.57 Å². The van der Waals surface area contributed by atoms with Crippen molar-refractivity contribution >= 4 is 10.9 Å². The molecule has 0 bridgehead atoms. The van der Waals surface area contributed by atoms with E-state index in [2.05, 4.69) is 4.57 Å². The number of hydrogen-bond acceptors (Lipinski definition) is 2. The molecule has 0 aliphatic carbocycles. The van der Waals surface area contributed by atoms with Gasteiger partial charge >= 0.3 is 0 Å². The summed E-state index contributed by atoms with van der Waals surface area (Å²) in [6.45, 7) is 4.40. The largest absolute Gasteiger partial charge is 0.508 e. The molecule has 0 aliphatic rings. The summed E-state index contributed by atoms with van der Waals surface area (Å²) in [5.74, 6) is 0.285. The van der Waals surface area contributed by atoms with Crippen molar-refractivity contribution in [2.24, 2.45) is 0 Å². The molecule has 0 aliphatic heterocycles. The first-order valence-corrected chi connectivity index (χ1v) is 5.46. The fraction of sp³-hybridized carbons (Fsp3) is 0.385. The predicted molar refractivity (Wildman–Crippen MR) is 64.5 cm³/mol. The molecule has 86 valence electrons. The first-order valence-electron chi connectivity index (χ1n) is 5.46. The molecule has 0 amide bonds. The fourth-order valence-electron chi connectivity index (χ4n) is 1.78. The molecule has 0 unspecified atom stereocenters. The molecular weight excluding hydrogens is 202 g/mol. The quantitative estimate of drug-likeness (QED) is 0.833. The standard InChI is InChI=1S/C13H17NO2/c1-13(2,16)6-8-14-7-5-10-9-11(15)3-4-12(10)14/h3-5,7,9,15-16H,6,8H2,1-2H3. The van der Waals surface area contributed by atoms with Gasteiger partial charge in [-0.1, -0.05) is 0 Å². The first kappa shape index (κ1) is 11.0. The number of hydrogen-bond donors (Lipinski definition) is 2. The Morgan fingerprint density at radius 3 is 2.69 bits per heavy atom. The predicted octanol–water partition coefficient (Wildman–Crippen LogP) is 2.51. The van der Waals surface area contributed by atoms with Crippen molar-refractivity contribution in [3.05, 3.63) is 30.5 Å². The number of aromatic nitrogens is 1. The third kappa shape index (κ3) is 2.36. The molecule has 1 aromatic heterocycles. The molecule has 1 aromatic carbocycles. The molecule has 0 atom stereocenters. The summed E-state index contributed by atoms with van der Waals surface area (Å²) in [5, 5.41) is 20.1. The van der Waals surface area contributed by atoms with Crippen LogP contribution in [0.2, 0.25) is 0 Å². The Hall–Kier alpha value is -1.48. The maximum atomic E-state index is 9.68. The number of phenolic OH excluding ortho intramolecular Hbond substituents is 1. The minimum absolute atomic E-state index is 0.285. The van der Waals surface area contributed by atoms with E-state index < -0.39 is 5.60 Å². The second kappa shape index (κ2) is 3.83. The first-order chi connectivity index (χ1) is 7.46. The zero-order chi connectivity index (χ0) is 11.8. The number of aromatic hydroxyl groups is 1. The van der Waals surface area contributed by atoms with E-state index in [0.717, 1.165) is 17.4 Å². The van der Waals surface area contributed by atoms with Gasteiger partial charge in [0.25, 0.3) is 0 Å². The Balaban J connectivity index is 2.25. The topological polar surface area (TPSA) is 45.4 Å². The van der Waals surface area contributed by atoms with Crippen molar-refractivity contribution in [2.75, 3.05) is 0 Å². The number of benzene rings is 1. The van der Waals surface area contributed by atoms with Crippen LogP contribution in [0.15, 0.2) is 30.5 Å². The SMILES string of the molecule is CC(C)(O)CCn1ccc2cc(O)ccc21. The summed E-state index contributed by atoms with van der Waals surface area (Å²) in [6.07, 6.45) is 2.69. The Morgan fingerprint density at radius 1 is 1.25 bits per heavy atom. The highest BCUT2D eigenvalue weighted by atomic mass is 16.3. The van der Waals surface area contributed by atoms with Crippen LogP contribution in [0.3, 0.4) is 0 Å². The third-order valence-electron chi connectivity index (χ3n) is 2.72. The minimum Gasteiger partial charge on any atom is -0.508 e. The van der Waals surface area contributed by atoms with E-state index in [1.54, 1.807) is 12.1 Å². The van der Waals surface area contributed by atoms with Gasteiger partial charge in [0.15, 0.2) is 0 Å². The van der Waals surface area contributed by atoms with Gasteiger partial charge in [-0.2, -0.15) is 0 Å².